The van der Waals surface area contributed by atoms with Crippen molar-refractivity contribution in [1.82, 2.24) is 0 Å². The number of benzene rings is 4. The van der Waals surface area contributed by atoms with Crippen molar-refractivity contribution in [3.63, 3.8) is 0 Å². The Balaban J connectivity index is 1.58. The zero-order chi connectivity index (χ0) is 26.7. The van der Waals surface area contributed by atoms with E-state index >= 15 is 0 Å². The Hall–Kier alpha value is -4.44. The van der Waals surface area contributed by atoms with Gasteiger partial charge in [-0.15, -0.1) is 0 Å². The third-order valence-electron chi connectivity index (χ3n) is 6.06. The van der Waals surface area contributed by atoms with E-state index < -0.39 is 0 Å². The number of allylic oxidation sites excluding steroid dienone is 2. The van der Waals surface area contributed by atoms with Crippen molar-refractivity contribution in [1.29, 1.82) is 0 Å². The van der Waals surface area contributed by atoms with E-state index in [9.17, 15) is 5.11 Å². The predicted molar refractivity (Wildman–Crippen MR) is 155 cm³/mol. The maximum Gasteiger partial charge on any atom is 0.161 e. The molecule has 1 N–H and O–H groups in total. The minimum atomic E-state index is 0.163. The molecule has 0 radical (unpaired) electrons. The summed E-state index contributed by atoms with van der Waals surface area (Å²) in [6, 6.07) is 29.4. The summed E-state index contributed by atoms with van der Waals surface area (Å²) in [6.45, 7) is 5.05. The molecular weight excluding hydrogens is 472 g/mol. The Kier molecular flexibility index (Phi) is 9.25. The topological polar surface area (TPSA) is 47.9 Å². The van der Waals surface area contributed by atoms with Crippen LogP contribution in [0, 0.1) is 0 Å². The first-order valence-corrected chi connectivity index (χ1v) is 12.7. The molecule has 0 spiro atoms. The Labute approximate surface area is 225 Å². The Morgan fingerprint density at radius 2 is 1.34 bits per heavy atom. The van der Waals surface area contributed by atoms with Gasteiger partial charge in [0.1, 0.15) is 24.7 Å². The van der Waals surface area contributed by atoms with Crippen LogP contribution in [-0.2, 0) is 19.6 Å². The Morgan fingerprint density at radius 1 is 0.711 bits per heavy atom. The summed E-state index contributed by atoms with van der Waals surface area (Å²) >= 11 is 0. The maximum absolute atomic E-state index is 10.5. The summed E-state index contributed by atoms with van der Waals surface area (Å²) in [7, 11) is 1.64. The van der Waals surface area contributed by atoms with Gasteiger partial charge in [0.2, 0.25) is 0 Å². The molecule has 0 fully saturated rings. The molecule has 0 heterocycles. The summed E-state index contributed by atoms with van der Waals surface area (Å²) in [5.74, 6) is 2.19. The normalized spacial score (nSPS) is 10.8. The van der Waals surface area contributed by atoms with Crippen molar-refractivity contribution in [2.24, 2.45) is 0 Å². The third kappa shape index (κ3) is 7.53. The molecule has 4 heteroatoms. The van der Waals surface area contributed by atoms with Gasteiger partial charge in [-0.1, -0.05) is 90.5 Å². The third-order valence-corrected chi connectivity index (χ3v) is 6.06. The van der Waals surface area contributed by atoms with Crippen molar-refractivity contribution < 1.29 is 19.3 Å². The van der Waals surface area contributed by atoms with Gasteiger partial charge in [-0.25, -0.2) is 0 Å². The van der Waals surface area contributed by atoms with Crippen molar-refractivity contribution in [3.05, 3.63) is 130 Å². The van der Waals surface area contributed by atoms with E-state index in [-0.39, 0.29) is 5.75 Å². The van der Waals surface area contributed by atoms with Crippen molar-refractivity contribution in [2.45, 2.75) is 33.5 Å². The van der Waals surface area contributed by atoms with Gasteiger partial charge in [0.15, 0.2) is 11.5 Å². The lowest BCUT2D eigenvalue weighted by atomic mass is 10.00. The van der Waals surface area contributed by atoms with Gasteiger partial charge < -0.3 is 19.3 Å². The van der Waals surface area contributed by atoms with Gasteiger partial charge in [-0.05, 0) is 60.7 Å². The van der Waals surface area contributed by atoms with Gasteiger partial charge >= 0.3 is 0 Å². The van der Waals surface area contributed by atoms with E-state index in [1.54, 1.807) is 19.2 Å². The molecule has 0 saturated carbocycles. The SMILES string of the molecule is COc1cc(/C=C/c2cc(O)cc(OCc3ccccc3)c2CC=C(C)C)ccc1OCc1ccccc1. The van der Waals surface area contributed by atoms with Crippen LogP contribution in [0.2, 0.25) is 0 Å². The second kappa shape index (κ2) is 13.2. The van der Waals surface area contributed by atoms with Gasteiger partial charge in [-0.3, -0.25) is 0 Å². The first-order chi connectivity index (χ1) is 18.5. The van der Waals surface area contributed by atoms with E-state index in [0.29, 0.717) is 36.9 Å². The van der Waals surface area contributed by atoms with Crippen LogP contribution in [0.1, 0.15) is 41.7 Å². The number of methoxy groups -OCH3 is 1. The molecule has 0 aliphatic carbocycles. The molecule has 4 nitrogen and oxygen atoms in total. The van der Waals surface area contributed by atoms with E-state index in [4.69, 9.17) is 14.2 Å². The lowest BCUT2D eigenvalue weighted by Gasteiger charge is -2.15. The summed E-state index contributed by atoms with van der Waals surface area (Å²) in [4.78, 5) is 0. The molecule has 0 aromatic heterocycles. The molecule has 4 rings (SSSR count). The predicted octanol–water partition coefficient (Wildman–Crippen LogP) is 8.24. The molecule has 38 heavy (non-hydrogen) atoms. The van der Waals surface area contributed by atoms with E-state index in [1.807, 2.05) is 91.0 Å². The fraction of sp³-hybridized carbons (Fsp3) is 0.176. The number of rotatable bonds is 11. The van der Waals surface area contributed by atoms with Crippen LogP contribution in [0.3, 0.4) is 0 Å². The van der Waals surface area contributed by atoms with Crippen molar-refractivity contribution in [2.75, 3.05) is 7.11 Å². The average molecular weight is 507 g/mol. The number of phenols is 1. The first-order valence-electron chi connectivity index (χ1n) is 12.7. The summed E-state index contributed by atoms with van der Waals surface area (Å²) in [5, 5.41) is 10.5. The monoisotopic (exact) mass is 506 g/mol. The number of hydrogen-bond acceptors (Lipinski definition) is 4. The molecule has 0 aliphatic rings. The first kappa shape index (κ1) is 26.6. The Bertz CT molecular complexity index is 1390. The van der Waals surface area contributed by atoms with Crippen molar-refractivity contribution in [3.8, 4) is 23.0 Å². The minimum Gasteiger partial charge on any atom is -0.508 e. The summed E-state index contributed by atoms with van der Waals surface area (Å²) < 4.78 is 17.8. The zero-order valence-corrected chi connectivity index (χ0v) is 22.2. The highest BCUT2D eigenvalue weighted by Crippen LogP contribution is 2.33. The summed E-state index contributed by atoms with van der Waals surface area (Å²) in [5.41, 5.74) is 6.26. The number of aromatic hydroxyl groups is 1. The van der Waals surface area contributed by atoms with Gasteiger partial charge in [0.05, 0.1) is 7.11 Å². The number of phenolic OH excluding ortho intramolecular Hbond substituents is 1. The van der Waals surface area contributed by atoms with Crippen LogP contribution < -0.4 is 14.2 Å². The lowest BCUT2D eigenvalue weighted by molar-refractivity contribution is 0.284. The molecule has 0 atom stereocenters. The largest absolute Gasteiger partial charge is 0.508 e. The van der Waals surface area contributed by atoms with Gasteiger partial charge in [0, 0.05) is 11.6 Å². The van der Waals surface area contributed by atoms with Crippen LogP contribution in [0.5, 0.6) is 23.0 Å². The molecule has 0 unspecified atom stereocenters. The average Bonchev–Trinajstić information content (AvgIpc) is 2.94. The van der Waals surface area contributed by atoms with Crippen LogP contribution in [-0.4, -0.2) is 12.2 Å². The van der Waals surface area contributed by atoms with E-state index in [0.717, 1.165) is 27.8 Å². The molecule has 4 aromatic rings. The minimum absolute atomic E-state index is 0.163. The standard InChI is InChI=1S/C34H34O4/c1-25(2)14-18-31-29(21-30(35)22-33(31)38-24-28-12-8-5-9-13-28)17-15-26-16-19-32(34(20-26)36-3)37-23-27-10-6-4-7-11-27/h4-17,19-22,35H,18,23-24H2,1-3H3/b17-15+. The fourth-order valence-corrected chi connectivity index (χ4v) is 4.02. The number of hydrogen-bond donors (Lipinski definition) is 1. The molecule has 0 amide bonds. The Morgan fingerprint density at radius 3 is 1.95 bits per heavy atom. The van der Waals surface area contributed by atoms with Crippen molar-refractivity contribution >= 4 is 12.2 Å². The highest BCUT2D eigenvalue weighted by Gasteiger charge is 2.11. The second-order valence-corrected chi connectivity index (χ2v) is 9.29. The smallest absolute Gasteiger partial charge is 0.161 e. The molecule has 0 bridgehead atoms. The van der Waals surface area contributed by atoms with Crippen LogP contribution in [0.4, 0.5) is 0 Å². The van der Waals surface area contributed by atoms with Crippen LogP contribution >= 0.6 is 0 Å². The summed E-state index contributed by atoms with van der Waals surface area (Å²) in [6.07, 6.45) is 6.87. The molecule has 194 valence electrons. The van der Waals surface area contributed by atoms with Gasteiger partial charge in [-0.2, -0.15) is 0 Å². The second-order valence-electron chi connectivity index (χ2n) is 9.29. The molecule has 0 aliphatic heterocycles. The van der Waals surface area contributed by atoms with E-state index in [2.05, 4.69) is 19.9 Å². The molecule has 4 aromatic carbocycles. The quantitative estimate of drug-likeness (QED) is 0.164. The van der Waals surface area contributed by atoms with E-state index in [1.165, 1.54) is 5.57 Å². The molecule has 0 saturated heterocycles. The maximum atomic E-state index is 10.5. The highest BCUT2D eigenvalue weighted by molar-refractivity contribution is 5.74. The van der Waals surface area contributed by atoms with Crippen LogP contribution in [0.25, 0.3) is 12.2 Å². The van der Waals surface area contributed by atoms with Gasteiger partial charge in [0.25, 0.3) is 0 Å². The molecular formula is C34H34O4. The zero-order valence-electron chi connectivity index (χ0n) is 22.2. The fourth-order valence-electron chi connectivity index (χ4n) is 4.02. The lowest BCUT2D eigenvalue weighted by Crippen LogP contribution is -2.00. The number of ether oxygens (including phenoxy) is 3. The highest BCUT2D eigenvalue weighted by atomic mass is 16.5. The van der Waals surface area contributed by atoms with Crippen LogP contribution in [0.15, 0.2) is 103 Å².